The Bertz CT molecular complexity index is 439. The van der Waals surface area contributed by atoms with Gasteiger partial charge in [0.05, 0.1) is 0 Å². The van der Waals surface area contributed by atoms with E-state index < -0.39 is 0 Å². The van der Waals surface area contributed by atoms with Crippen LogP contribution in [0.4, 0.5) is 0 Å². The summed E-state index contributed by atoms with van der Waals surface area (Å²) in [5.74, 6) is 0.102. The molecule has 3 nitrogen and oxygen atoms in total. The Balaban J connectivity index is 2.20. The lowest BCUT2D eigenvalue weighted by molar-refractivity contribution is 0.0600. The van der Waals surface area contributed by atoms with Crippen molar-refractivity contribution in [3.8, 4) is 0 Å². The van der Waals surface area contributed by atoms with E-state index in [1.54, 1.807) is 6.07 Å². The van der Waals surface area contributed by atoms with Crippen molar-refractivity contribution in [2.75, 3.05) is 6.54 Å². The molecule has 0 radical (unpaired) electrons. The molecule has 1 unspecified atom stereocenters. The number of halogens is 1. The number of carbonyl (C=O) groups excluding carboxylic acids is 1. The average molecular weight is 281 g/mol. The summed E-state index contributed by atoms with van der Waals surface area (Å²) in [4.78, 5) is 18.8. The molecule has 1 aromatic heterocycles. The summed E-state index contributed by atoms with van der Waals surface area (Å²) in [5, 5.41) is 0.396. The first-order valence-electron chi connectivity index (χ1n) is 7.07. The smallest absolute Gasteiger partial charge is 0.254 e. The highest BCUT2D eigenvalue weighted by atomic mass is 35.5. The number of rotatable bonds is 3. The van der Waals surface area contributed by atoms with Gasteiger partial charge in [-0.05, 0) is 44.7 Å². The topological polar surface area (TPSA) is 33.2 Å². The van der Waals surface area contributed by atoms with E-state index >= 15 is 0 Å². The summed E-state index contributed by atoms with van der Waals surface area (Å²) >= 11 is 5.95. The highest BCUT2D eigenvalue weighted by Crippen LogP contribution is 2.23. The van der Waals surface area contributed by atoms with E-state index in [9.17, 15) is 4.79 Å². The lowest BCUT2D eigenvalue weighted by Gasteiger charge is -2.36. The number of aryl methyl sites for hydroxylation is 1. The molecule has 0 saturated carbocycles. The molecule has 1 atom stereocenters. The Kier molecular flexibility index (Phi) is 4.81. The average Bonchev–Trinajstić information content (AvgIpc) is 2.38. The van der Waals surface area contributed by atoms with Gasteiger partial charge in [-0.2, -0.15) is 0 Å². The highest BCUT2D eigenvalue weighted by molar-refractivity contribution is 6.29. The summed E-state index contributed by atoms with van der Waals surface area (Å²) < 4.78 is 0. The lowest BCUT2D eigenvalue weighted by Crippen LogP contribution is -2.43. The fourth-order valence-electron chi connectivity index (χ4n) is 2.82. The van der Waals surface area contributed by atoms with Crippen LogP contribution in [0.2, 0.25) is 5.15 Å². The number of amides is 1. The number of nitrogens with zero attached hydrogens (tertiary/aromatic N) is 2. The van der Waals surface area contributed by atoms with Crippen LogP contribution in [0.5, 0.6) is 0 Å². The van der Waals surface area contributed by atoms with Crippen LogP contribution in [0, 0.1) is 6.92 Å². The van der Waals surface area contributed by atoms with Gasteiger partial charge in [0.15, 0.2) is 0 Å². The monoisotopic (exact) mass is 280 g/mol. The Hall–Kier alpha value is -1.09. The van der Waals surface area contributed by atoms with E-state index in [4.69, 9.17) is 11.6 Å². The van der Waals surface area contributed by atoms with Crippen LogP contribution in [0.1, 0.15) is 55.1 Å². The summed E-state index contributed by atoms with van der Waals surface area (Å²) in [6.45, 7) is 4.90. The van der Waals surface area contributed by atoms with E-state index in [1.165, 1.54) is 6.42 Å². The molecule has 1 amide bonds. The van der Waals surface area contributed by atoms with E-state index in [2.05, 4.69) is 11.9 Å². The largest absolute Gasteiger partial charge is 0.336 e. The molecule has 19 heavy (non-hydrogen) atoms. The van der Waals surface area contributed by atoms with Crippen molar-refractivity contribution in [2.45, 2.75) is 52.0 Å². The summed E-state index contributed by atoms with van der Waals surface area (Å²) in [7, 11) is 0. The summed E-state index contributed by atoms with van der Waals surface area (Å²) in [5.41, 5.74) is 1.46. The van der Waals surface area contributed by atoms with Crippen molar-refractivity contribution in [3.63, 3.8) is 0 Å². The van der Waals surface area contributed by atoms with Gasteiger partial charge < -0.3 is 4.90 Å². The molecule has 104 valence electrons. The Morgan fingerprint density at radius 3 is 2.95 bits per heavy atom. The molecular formula is C15H21ClN2O. The fourth-order valence-corrected chi connectivity index (χ4v) is 3.07. The van der Waals surface area contributed by atoms with Crippen molar-refractivity contribution in [3.05, 3.63) is 28.5 Å². The Labute approximate surface area is 120 Å². The van der Waals surface area contributed by atoms with Gasteiger partial charge in [0.1, 0.15) is 5.15 Å². The van der Waals surface area contributed by atoms with E-state index in [0.29, 0.717) is 16.8 Å². The van der Waals surface area contributed by atoms with Crippen LogP contribution < -0.4 is 0 Å². The van der Waals surface area contributed by atoms with Crippen LogP contribution >= 0.6 is 11.6 Å². The Morgan fingerprint density at radius 2 is 2.26 bits per heavy atom. The number of pyridine rings is 1. The van der Waals surface area contributed by atoms with Gasteiger partial charge in [0, 0.05) is 23.8 Å². The minimum atomic E-state index is 0.102. The fraction of sp³-hybridized carbons (Fsp3) is 0.600. The molecule has 0 N–H and O–H groups in total. The first-order valence-corrected chi connectivity index (χ1v) is 7.44. The van der Waals surface area contributed by atoms with Gasteiger partial charge in [-0.1, -0.05) is 24.9 Å². The second-order valence-electron chi connectivity index (χ2n) is 5.26. The second kappa shape index (κ2) is 6.38. The van der Waals surface area contributed by atoms with E-state index in [1.807, 2.05) is 17.9 Å². The molecule has 1 saturated heterocycles. The summed E-state index contributed by atoms with van der Waals surface area (Å²) in [6.07, 6.45) is 5.65. The van der Waals surface area contributed by atoms with Crippen molar-refractivity contribution in [1.82, 2.24) is 9.88 Å². The van der Waals surface area contributed by atoms with Gasteiger partial charge in [0.25, 0.3) is 5.91 Å². The first kappa shape index (κ1) is 14.3. The first-order chi connectivity index (χ1) is 9.11. The molecule has 2 heterocycles. The lowest BCUT2D eigenvalue weighted by atomic mass is 9.97. The molecule has 1 aliphatic rings. The van der Waals surface area contributed by atoms with Crippen molar-refractivity contribution in [1.29, 1.82) is 0 Å². The molecule has 0 bridgehead atoms. The van der Waals surface area contributed by atoms with Crippen LogP contribution in [-0.4, -0.2) is 28.4 Å². The van der Waals surface area contributed by atoms with Crippen LogP contribution in [0.3, 0.4) is 0 Å². The standard InChI is InChI=1S/C15H21ClN2O/c1-3-6-13-7-4-5-8-18(13)15(19)12-9-11(2)17-14(16)10-12/h9-10,13H,3-8H2,1-2H3. The van der Waals surface area contributed by atoms with Crippen molar-refractivity contribution in [2.24, 2.45) is 0 Å². The summed E-state index contributed by atoms with van der Waals surface area (Å²) in [6, 6.07) is 3.89. The van der Waals surface area contributed by atoms with Gasteiger partial charge in [0.2, 0.25) is 0 Å². The number of carbonyl (C=O) groups is 1. The zero-order chi connectivity index (χ0) is 13.8. The molecule has 1 aromatic rings. The number of hydrogen-bond donors (Lipinski definition) is 0. The van der Waals surface area contributed by atoms with Crippen molar-refractivity contribution < 1.29 is 4.79 Å². The molecule has 0 aromatic carbocycles. The SMILES string of the molecule is CCCC1CCCCN1C(=O)c1cc(C)nc(Cl)c1. The maximum Gasteiger partial charge on any atom is 0.254 e. The number of hydrogen-bond acceptors (Lipinski definition) is 2. The highest BCUT2D eigenvalue weighted by Gasteiger charge is 2.27. The van der Waals surface area contributed by atoms with Gasteiger partial charge in [-0.25, -0.2) is 4.98 Å². The maximum absolute atomic E-state index is 12.6. The molecule has 0 spiro atoms. The number of likely N-dealkylation sites (tertiary alicyclic amines) is 1. The minimum absolute atomic E-state index is 0.102. The number of aromatic nitrogens is 1. The minimum Gasteiger partial charge on any atom is -0.336 e. The molecular weight excluding hydrogens is 260 g/mol. The third kappa shape index (κ3) is 3.47. The molecule has 1 aliphatic heterocycles. The molecule has 1 fully saturated rings. The third-order valence-corrected chi connectivity index (χ3v) is 3.87. The predicted octanol–water partition coefficient (Wildman–Crippen LogP) is 3.84. The zero-order valence-corrected chi connectivity index (χ0v) is 12.4. The zero-order valence-electron chi connectivity index (χ0n) is 11.7. The normalized spacial score (nSPS) is 19.5. The van der Waals surface area contributed by atoms with E-state index in [-0.39, 0.29) is 5.91 Å². The van der Waals surface area contributed by atoms with Gasteiger partial charge in [-0.15, -0.1) is 0 Å². The van der Waals surface area contributed by atoms with Crippen LogP contribution in [0.25, 0.3) is 0 Å². The van der Waals surface area contributed by atoms with Crippen molar-refractivity contribution >= 4 is 17.5 Å². The Morgan fingerprint density at radius 1 is 1.47 bits per heavy atom. The number of piperidine rings is 1. The van der Waals surface area contributed by atoms with Gasteiger partial charge in [-0.3, -0.25) is 4.79 Å². The van der Waals surface area contributed by atoms with E-state index in [0.717, 1.165) is 37.9 Å². The quantitative estimate of drug-likeness (QED) is 0.788. The second-order valence-corrected chi connectivity index (χ2v) is 5.64. The maximum atomic E-state index is 12.6. The molecule has 0 aliphatic carbocycles. The van der Waals surface area contributed by atoms with Crippen LogP contribution in [0.15, 0.2) is 12.1 Å². The van der Waals surface area contributed by atoms with Gasteiger partial charge >= 0.3 is 0 Å². The molecule has 2 rings (SSSR count). The third-order valence-electron chi connectivity index (χ3n) is 3.68. The van der Waals surface area contributed by atoms with Crippen LogP contribution in [-0.2, 0) is 0 Å². The predicted molar refractivity (Wildman–Crippen MR) is 77.6 cm³/mol. The molecule has 4 heteroatoms.